The first kappa shape index (κ1) is 18.3. The van der Waals surface area contributed by atoms with Crippen molar-refractivity contribution >= 4 is 51.2 Å². The molecule has 0 bridgehead atoms. The summed E-state index contributed by atoms with van der Waals surface area (Å²) >= 11 is 3.13. The van der Waals surface area contributed by atoms with E-state index in [2.05, 4.69) is 21.2 Å². The van der Waals surface area contributed by atoms with Gasteiger partial charge in [0.25, 0.3) is 17.5 Å². The molecule has 9 nitrogen and oxygen atoms in total. The lowest BCUT2D eigenvalue weighted by atomic mass is 10.1. The molecule has 2 aromatic rings. The molecule has 1 heterocycles. The van der Waals surface area contributed by atoms with Gasteiger partial charge in [-0.05, 0) is 51.8 Å². The predicted molar refractivity (Wildman–Crippen MR) is 97.9 cm³/mol. The third kappa shape index (κ3) is 3.55. The third-order valence-electron chi connectivity index (χ3n) is 3.70. The number of phenolic OH excluding ortho intramolecular Hbond substituents is 1. The summed E-state index contributed by atoms with van der Waals surface area (Å²) in [6.45, 7) is 0. The van der Waals surface area contributed by atoms with Gasteiger partial charge in [-0.3, -0.25) is 25.0 Å². The number of halogens is 1. The van der Waals surface area contributed by atoms with Crippen molar-refractivity contribution in [2.45, 2.75) is 0 Å². The van der Waals surface area contributed by atoms with Crippen LogP contribution in [-0.2, 0) is 9.59 Å². The number of aromatic hydroxyl groups is 1. The van der Waals surface area contributed by atoms with Crippen LogP contribution in [-0.4, -0.2) is 27.9 Å². The third-order valence-corrected chi connectivity index (χ3v) is 4.34. The van der Waals surface area contributed by atoms with E-state index < -0.39 is 22.8 Å². The highest BCUT2D eigenvalue weighted by atomic mass is 79.9. The molecule has 136 valence electrons. The number of hydrogen-bond donors (Lipinski definition) is 2. The molecule has 2 N–H and O–H groups in total. The maximum atomic E-state index is 12.7. The van der Waals surface area contributed by atoms with E-state index in [0.717, 1.165) is 12.1 Å². The summed E-state index contributed by atoms with van der Waals surface area (Å²) < 4.78 is 0.365. The summed E-state index contributed by atoms with van der Waals surface area (Å²) in [7, 11) is 0. The molecule has 0 aliphatic carbocycles. The maximum absolute atomic E-state index is 12.7. The monoisotopic (exact) mass is 431 g/mol. The van der Waals surface area contributed by atoms with Crippen molar-refractivity contribution in [3.63, 3.8) is 0 Å². The number of carbonyl (C=O) groups excluding carboxylic acids is 3. The van der Waals surface area contributed by atoms with Crippen molar-refractivity contribution in [2.75, 3.05) is 4.90 Å². The average molecular weight is 432 g/mol. The number of anilines is 1. The second kappa shape index (κ2) is 7.00. The Morgan fingerprint density at radius 3 is 2.37 bits per heavy atom. The fourth-order valence-electron chi connectivity index (χ4n) is 2.39. The smallest absolute Gasteiger partial charge is 0.335 e. The molecular formula is C17H10BrN3O6. The Morgan fingerprint density at radius 1 is 1.11 bits per heavy atom. The molecule has 1 saturated heterocycles. The lowest BCUT2D eigenvalue weighted by Crippen LogP contribution is -2.54. The van der Waals surface area contributed by atoms with Gasteiger partial charge < -0.3 is 5.11 Å². The number of imide groups is 2. The number of carbonyl (C=O) groups is 3. The highest BCUT2D eigenvalue weighted by Crippen LogP contribution is 2.27. The number of hydrogen-bond acceptors (Lipinski definition) is 6. The van der Waals surface area contributed by atoms with Crippen LogP contribution in [0, 0.1) is 10.1 Å². The molecule has 2 aromatic carbocycles. The van der Waals surface area contributed by atoms with E-state index in [-0.39, 0.29) is 22.7 Å². The summed E-state index contributed by atoms with van der Waals surface area (Å²) in [5.74, 6) is -1.76. The fraction of sp³-hybridized carbons (Fsp3) is 0. The van der Waals surface area contributed by atoms with E-state index >= 15 is 0 Å². The summed E-state index contributed by atoms with van der Waals surface area (Å²) in [4.78, 5) is 47.7. The van der Waals surface area contributed by atoms with Crippen LogP contribution in [0.25, 0.3) is 6.08 Å². The van der Waals surface area contributed by atoms with Crippen molar-refractivity contribution in [2.24, 2.45) is 0 Å². The van der Waals surface area contributed by atoms with Crippen molar-refractivity contribution in [1.29, 1.82) is 0 Å². The Morgan fingerprint density at radius 2 is 1.78 bits per heavy atom. The number of nitro benzene ring substituents is 1. The normalized spacial score (nSPS) is 15.8. The number of non-ortho nitro benzene ring substituents is 1. The minimum atomic E-state index is -0.956. The van der Waals surface area contributed by atoms with Crippen molar-refractivity contribution in [3.05, 3.63) is 68.2 Å². The molecule has 27 heavy (non-hydrogen) atoms. The molecule has 0 radical (unpaired) electrons. The zero-order chi connectivity index (χ0) is 19.7. The van der Waals surface area contributed by atoms with Crippen LogP contribution in [0.5, 0.6) is 5.75 Å². The van der Waals surface area contributed by atoms with E-state index in [4.69, 9.17) is 0 Å². The minimum Gasteiger partial charge on any atom is -0.507 e. The Bertz CT molecular complexity index is 1020. The predicted octanol–water partition coefficient (Wildman–Crippen LogP) is 2.73. The van der Waals surface area contributed by atoms with Crippen molar-refractivity contribution < 1.29 is 24.4 Å². The van der Waals surface area contributed by atoms with Crippen molar-refractivity contribution in [1.82, 2.24) is 5.32 Å². The number of benzene rings is 2. The SMILES string of the molecule is O=C1NC(=O)N(c2ccc([N+](=O)[O-])cc2)C(=O)/C1=C\c1ccc(O)c(Br)c1. The first-order valence-electron chi connectivity index (χ1n) is 7.42. The minimum absolute atomic E-state index is 0.0146. The molecule has 0 atom stereocenters. The Kier molecular flexibility index (Phi) is 4.74. The Labute approximate surface area is 160 Å². The second-order valence-corrected chi connectivity index (χ2v) is 6.30. The van der Waals surface area contributed by atoms with Crippen LogP contribution in [0.4, 0.5) is 16.2 Å². The number of barbiturate groups is 1. The zero-order valence-electron chi connectivity index (χ0n) is 13.4. The topological polar surface area (TPSA) is 130 Å². The number of nitro groups is 1. The molecule has 0 aromatic heterocycles. The molecule has 1 fully saturated rings. The van der Waals surface area contributed by atoms with Gasteiger partial charge in [0.15, 0.2) is 0 Å². The maximum Gasteiger partial charge on any atom is 0.335 e. The quantitative estimate of drug-likeness (QED) is 0.332. The van der Waals surface area contributed by atoms with E-state index in [1.54, 1.807) is 0 Å². The van der Waals surface area contributed by atoms with Gasteiger partial charge in [0.2, 0.25) is 0 Å². The fourth-order valence-corrected chi connectivity index (χ4v) is 2.79. The lowest BCUT2D eigenvalue weighted by Gasteiger charge is -2.26. The molecule has 1 aliphatic heterocycles. The van der Waals surface area contributed by atoms with E-state index in [1.807, 2.05) is 0 Å². The van der Waals surface area contributed by atoms with E-state index in [1.165, 1.54) is 36.4 Å². The highest BCUT2D eigenvalue weighted by Gasteiger charge is 2.36. The van der Waals surface area contributed by atoms with Crippen molar-refractivity contribution in [3.8, 4) is 5.75 Å². The van der Waals surface area contributed by atoms with Gasteiger partial charge in [0.1, 0.15) is 11.3 Å². The number of phenols is 1. The molecule has 0 unspecified atom stereocenters. The number of amides is 4. The van der Waals surface area contributed by atoms with E-state index in [0.29, 0.717) is 14.9 Å². The van der Waals surface area contributed by atoms with Gasteiger partial charge in [-0.15, -0.1) is 0 Å². The molecule has 3 rings (SSSR count). The van der Waals surface area contributed by atoms with Crippen LogP contribution in [0.2, 0.25) is 0 Å². The molecule has 10 heteroatoms. The van der Waals surface area contributed by atoms with Gasteiger partial charge in [-0.2, -0.15) is 0 Å². The number of nitrogens with one attached hydrogen (secondary N) is 1. The van der Waals surface area contributed by atoms with Crippen LogP contribution in [0.3, 0.4) is 0 Å². The molecule has 1 aliphatic rings. The Hall–Kier alpha value is -3.53. The van der Waals surface area contributed by atoms with Crippen LogP contribution < -0.4 is 10.2 Å². The number of nitrogens with zero attached hydrogens (tertiary/aromatic N) is 2. The molecular weight excluding hydrogens is 422 g/mol. The van der Waals surface area contributed by atoms with Gasteiger partial charge in [-0.25, -0.2) is 9.69 Å². The van der Waals surface area contributed by atoms with Gasteiger partial charge >= 0.3 is 6.03 Å². The standard InChI is InChI=1S/C17H10BrN3O6/c18-13-8-9(1-6-14(13)22)7-12-15(23)19-17(25)20(16(12)24)10-2-4-11(5-3-10)21(26)27/h1-8,22H,(H,19,23,25)/b12-7-. The number of rotatable bonds is 3. The van der Waals surface area contributed by atoms with Crippen LogP contribution in [0.1, 0.15) is 5.56 Å². The average Bonchev–Trinajstić information content (AvgIpc) is 2.62. The van der Waals surface area contributed by atoms with Gasteiger partial charge in [0, 0.05) is 12.1 Å². The largest absolute Gasteiger partial charge is 0.507 e. The Balaban J connectivity index is 1.99. The first-order valence-corrected chi connectivity index (χ1v) is 8.21. The molecule has 4 amide bonds. The van der Waals surface area contributed by atoms with Gasteiger partial charge in [-0.1, -0.05) is 6.07 Å². The highest BCUT2D eigenvalue weighted by molar-refractivity contribution is 9.10. The summed E-state index contributed by atoms with van der Waals surface area (Å²) in [5.41, 5.74) is 0.0134. The summed E-state index contributed by atoms with van der Waals surface area (Å²) in [6.07, 6.45) is 1.27. The summed E-state index contributed by atoms with van der Waals surface area (Å²) in [6, 6.07) is 8.17. The molecule has 0 saturated carbocycles. The number of urea groups is 1. The molecule has 0 spiro atoms. The van der Waals surface area contributed by atoms with E-state index in [9.17, 15) is 29.6 Å². The van der Waals surface area contributed by atoms with Crippen LogP contribution in [0.15, 0.2) is 52.5 Å². The first-order chi connectivity index (χ1) is 12.8. The summed E-state index contributed by atoms with van der Waals surface area (Å²) in [5, 5.41) is 22.3. The lowest BCUT2D eigenvalue weighted by molar-refractivity contribution is -0.384. The van der Waals surface area contributed by atoms with Gasteiger partial charge in [0.05, 0.1) is 15.1 Å². The van der Waals surface area contributed by atoms with Crippen LogP contribution >= 0.6 is 15.9 Å². The zero-order valence-corrected chi connectivity index (χ0v) is 15.0. The second-order valence-electron chi connectivity index (χ2n) is 5.44.